The van der Waals surface area contributed by atoms with Gasteiger partial charge >= 0.3 is 5.69 Å². The summed E-state index contributed by atoms with van der Waals surface area (Å²) in [7, 11) is 0. The first-order chi connectivity index (χ1) is 19.0. The fourth-order valence-electron chi connectivity index (χ4n) is 5.09. The topological polar surface area (TPSA) is 91.2 Å². The van der Waals surface area contributed by atoms with E-state index >= 15 is 4.39 Å². The molecule has 0 spiro atoms. The minimum absolute atomic E-state index is 0. The van der Waals surface area contributed by atoms with E-state index in [1.165, 1.54) is 6.33 Å². The number of aryl methyl sites for hydroxylation is 1. The predicted molar refractivity (Wildman–Crippen MR) is 147 cm³/mol. The Kier molecular flexibility index (Phi) is 5.93. The normalized spacial score (nSPS) is 16.6. The summed E-state index contributed by atoms with van der Waals surface area (Å²) in [6, 6.07) is 8.28. The van der Waals surface area contributed by atoms with Crippen molar-refractivity contribution in [2.75, 3.05) is 13.1 Å². The largest absolute Gasteiger partial charge is 0.344 e. The summed E-state index contributed by atoms with van der Waals surface area (Å²) in [6.45, 7) is -1.47. The Morgan fingerprint density at radius 1 is 1.18 bits per heavy atom. The van der Waals surface area contributed by atoms with Crippen LogP contribution < -0.4 is 16.6 Å². The zero-order valence-electron chi connectivity index (χ0n) is 23.1. The lowest BCUT2D eigenvalue weighted by Gasteiger charge is -2.30. The maximum Gasteiger partial charge on any atom is 0.331 e. The zero-order valence-corrected chi connectivity index (χ0v) is 21.7. The van der Waals surface area contributed by atoms with Crippen LogP contribution in [-0.4, -0.2) is 47.1 Å². The van der Waals surface area contributed by atoms with Gasteiger partial charge in [-0.3, -0.25) is 9.36 Å². The Balaban J connectivity index is 0.00000337. The number of hydrogen-bond acceptors (Lipinski definition) is 5. The van der Waals surface area contributed by atoms with Crippen LogP contribution in [0.1, 0.15) is 22.5 Å². The summed E-state index contributed by atoms with van der Waals surface area (Å²) in [5.74, 6) is 0. The lowest BCUT2D eigenvalue weighted by Crippen LogP contribution is -2.41. The van der Waals surface area contributed by atoms with E-state index in [0.717, 1.165) is 27.7 Å². The summed E-state index contributed by atoms with van der Waals surface area (Å²) < 4.78 is 43.3. The monoisotopic (exact) mass is 560 g/mol. The fraction of sp³-hybridized carbons (Fsp3) is 0.308. The molecular weight excluding hydrogens is 532 g/mol. The van der Waals surface area contributed by atoms with E-state index in [4.69, 9.17) is 15.7 Å². The Morgan fingerprint density at radius 3 is 2.79 bits per heavy atom. The number of nitrogens with one attached hydrogen (secondary N) is 1. The maximum absolute atomic E-state index is 15.7. The van der Waals surface area contributed by atoms with Gasteiger partial charge in [-0.15, -0.1) is 12.4 Å². The van der Waals surface area contributed by atoms with Gasteiger partial charge in [0.15, 0.2) is 0 Å². The van der Waals surface area contributed by atoms with E-state index in [1.54, 1.807) is 22.8 Å². The van der Waals surface area contributed by atoms with Gasteiger partial charge in [-0.2, -0.15) is 5.10 Å². The molecule has 1 aliphatic heterocycles. The molecule has 0 radical (unpaired) electrons. The maximum atomic E-state index is 15.7. The molecule has 1 saturated heterocycles. The molecule has 5 heterocycles. The third kappa shape index (κ3) is 4.63. The van der Waals surface area contributed by atoms with E-state index in [9.17, 15) is 9.59 Å². The minimum atomic E-state index is -2.73. The highest BCUT2D eigenvalue weighted by atomic mass is 35.5. The van der Waals surface area contributed by atoms with Crippen molar-refractivity contribution in [2.24, 2.45) is 6.98 Å². The molecule has 198 valence electrons. The second-order valence-electron chi connectivity index (χ2n) is 9.42. The predicted octanol–water partition coefficient (Wildman–Crippen LogP) is 3.43. The highest BCUT2D eigenvalue weighted by Gasteiger charge is 2.32. The summed E-state index contributed by atoms with van der Waals surface area (Å²) in [5, 5.41) is 8.81. The van der Waals surface area contributed by atoms with Crippen LogP contribution in [0.5, 0.6) is 0 Å². The molecule has 1 aliphatic rings. The third-order valence-electron chi connectivity index (χ3n) is 6.91. The van der Waals surface area contributed by atoms with Crippen molar-refractivity contribution < 1.29 is 8.50 Å². The summed E-state index contributed by atoms with van der Waals surface area (Å²) in [4.78, 5) is 29.8. The molecule has 5 aromatic rings. The van der Waals surface area contributed by atoms with Gasteiger partial charge in [-0.05, 0) is 55.8 Å². The van der Waals surface area contributed by atoms with E-state index in [-0.39, 0.29) is 25.5 Å². The molecule has 12 heteroatoms. The van der Waals surface area contributed by atoms with Crippen LogP contribution in [0, 0.1) is 0 Å². The smallest absolute Gasteiger partial charge is 0.331 e. The number of aromatic nitrogens is 6. The van der Waals surface area contributed by atoms with Gasteiger partial charge in [0, 0.05) is 51.7 Å². The Bertz CT molecular complexity index is 1870. The van der Waals surface area contributed by atoms with Crippen LogP contribution in [0.2, 0.25) is 5.02 Å². The van der Waals surface area contributed by atoms with Crippen LogP contribution >= 0.6 is 24.0 Å². The first-order valence-corrected chi connectivity index (χ1v) is 12.2. The number of nitrogens with zero attached hydrogens (tertiary/aromatic N) is 6. The molecule has 0 bridgehead atoms. The molecule has 1 fully saturated rings. The summed E-state index contributed by atoms with van der Waals surface area (Å²) in [6.07, 6.45) is 6.68. The molecule has 38 heavy (non-hydrogen) atoms. The van der Waals surface area contributed by atoms with Gasteiger partial charge in [0.2, 0.25) is 0 Å². The molecule has 0 amide bonds. The molecule has 0 aliphatic carbocycles. The number of benzene rings is 1. The molecule has 6 rings (SSSR count). The quantitative estimate of drug-likeness (QED) is 0.355. The molecular formula is C26H26Cl2FN7O2. The van der Waals surface area contributed by atoms with Gasteiger partial charge < -0.3 is 14.5 Å². The Hall–Kier alpha value is -3.47. The average Bonchev–Trinajstić information content (AvgIpc) is 3.48. The van der Waals surface area contributed by atoms with Gasteiger partial charge in [-0.25, -0.2) is 18.7 Å². The van der Waals surface area contributed by atoms with Crippen LogP contribution in [-0.2, 0) is 20.1 Å². The van der Waals surface area contributed by atoms with Crippen molar-refractivity contribution in [1.82, 2.24) is 33.6 Å². The molecule has 0 unspecified atom stereocenters. The van der Waals surface area contributed by atoms with E-state index in [0.29, 0.717) is 57.9 Å². The van der Waals surface area contributed by atoms with Crippen molar-refractivity contribution in [3.8, 4) is 11.3 Å². The van der Waals surface area contributed by atoms with E-state index < -0.39 is 23.9 Å². The molecule has 4 aromatic heterocycles. The van der Waals surface area contributed by atoms with Crippen LogP contribution in [0.15, 0.2) is 64.8 Å². The van der Waals surface area contributed by atoms with Gasteiger partial charge in [0.1, 0.15) is 12.0 Å². The van der Waals surface area contributed by atoms with Crippen molar-refractivity contribution in [1.29, 1.82) is 0 Å². The van der Waals surface area contributed by atoms with Crippen molar-refractivity contribution in [2.45, 2.75) is 31.6 Å². The molecule has 9 nitrogen and oxygen atoms in total. The van der Waals surface area contributed by atoms with Crippen LogP contribution in [0.4, 0.5) is 4.39 Å². The lowest BCUT2D eigenvalue weighted by molar-refractivity contribution is 0.0955. The van der Waals surface area contributed by atoms with E-state index in [2.05, 4.69) is 15.4 Å². The van der Waals surface area contributed by atoms with Crippen LogP contribution in [0.3, 0.4) is 0 Å². The van der Waals surface area contributed by atoms with Crippen molar-refractivity contribution in [3.63, 3.8) is 0 Å². The summed E-state index contributed by atoms with van der Waals surface area (Å²) >= 11 is 6.49. The second-order valence-corrected chi connectivity index (χ2v) is 9.85. The Labute approximate surface area is 232 Å². The fourth-order valence-corrected chi connectivity index (χ4v) is 5.31. The van der Waals surface area contributed by atoms with Crippen molar-refractivity contribution in [3.05, 3.63) is 86.7 Å². The number of piperidine rings is 1. The molecule has 1 N–H and O–H groups in total. The third-order valence-corrected chi connectivity index (χ3v) is 7.12. The highest BCUT2D eigenvalue weighted by Crippen LogP contribution is 2.36. The highest BCUT2D eigenvalue weighted by molar-refractivity contribution is 6.32. The lowest BCUT2D eigenvalue weighted by atomic mass is 9.94. The molecule has 1 aromatic carbocycles. The molecule has 0 atom stereocenters. The average molecular weight is 561 g/mol. The number of rotatable bonds is 5. The SMILES string of the molecule is Cl.[2H]C([2H])([2H])n1ccc(=O)n(Cc2cc3c(-c4cc(Cl)cc5ccn(CC6(F)CCNCC6)c45)ncnn3c2)c1=O. The Morgan fingerprint density at radius 2 is 2.00 bits per heavy atom. The minimum Gasteiger partial charge on any atom is -0.344 e. The van der Waals surface area contributed by atoms with Crippen molar-refractivity contribution >= 4 is 40.4 Å². The first-order valence-electron chi connectivity index (χ1n) is 13.4. The number of alkyl halides is 1. The molecule has 0 saturated carbocycles. The van der Waals surface area contributed by atoms with Gasteiger partial charge in [0.25, 0.3) is 5.56 Å². The number of fused-ring (bicyclic) bond motifs is 2. The second kappa shape index (κ2) is 10.0. The zero-order chi connectivity index (χ0) is 28.2. The number of hydrogen-bond donors (Lipinski definition) is 1. The van der Waals surface area contributed by atoms with Crippen LogP contribution in [0.25, 0.3) is 27.7 Å². The van der Waals surface area contributed by atoms with Gasteiger partial charge in [0.05, 0.1) is 29.8 Å². The van der Waals surface area contributed by atoms with Gasteiger partial charge in [-0.1, -0.05) is 11.6 Å². The first kappa shape index (κ1) is 22.5. The number of halogens is 3. The summed E-state index contributed by atoms with van der Waals surface area (Å²) in [5.41, 5.74) is 0.197. The standard InChI is InChI=1S/C26H25ClFN7O2.ClH/c1-32-8-3-22(36)34(25(32)37)13-17-10-21-23(30-16-31-35(21)14-17)20-12-19(27)11-18-2-9-33(24(18)20)15-26(28)4-6-29-7-5-26;/h2-3,8-12,14,16,29H,4-7,13,15H2,1H3;1H/i1D3;. The van der Waals surface area contributed by atoms with E-state index in [1.807, 2.05) is 22.9 Å².